The Balaban J connectivity index is 1.98. The first-order valence-corrected chi connectivity index (χ1v) is 15.0. The van der Waals surface area contributed by atoms with Gasteiger partial charge in [0.05, 0.1) is 10.6 Å². The number of amides is 2. The molecule has 208 valence electrons. The van der Waals surface area contributed by atoms with Crippen LogP contribution in [0.25, 0.3) is 0 Å². The van der Waals surface area contributed by atoms with Crippen LogP contribution >= 0.6 is 11.6 Å². The van der Waals surface area contributed by atoms with Crippen LogP contribution in [0.5, 0.6) is 0 Å². The van der Waals surface area contributed by atoms with Gasteiger partial charge in [0, 0.05) is 17.6 Å². The van der Waals surface area contributed by atoms with Crippen molar-refractivity contribution in [3.05, 3.63) is 95.5 Å². The number of nitrogens with zero attached hydrogens (tertiary/aromatic N) is 2. The smallest absolute Gasteiger partial charge is 0.264 e. The number of anilines is 1. The number of benzene rings is 3. The second-order valence-electron chi connectivity index (χ2n) is 9.37. The van der Waals surface area contributed by atoms with Crippen molar-refractivity contribution >= 4 is 39.1 Å². The van der Waals surface area contributed by atoms with E-state index >= 15 is 0 Å². The maximum atomic E-state index is 14.0. The Bertz CT molecular complexity index is 1320. The van der Waals surface area contributed by atoms with Crippen molar-refractivity contribution in [1.29, 1.82) is 0 Å². The second kappa shape index (κ2) is 14.1. The normalized spacial score (nSPS) is 12.8. The van der Waals surface area contributed by atoms with Gasteiger partial charge in [-0.1, -0.05) is 74.0 Å². The third-order valence-electron chi connectivity index (χ3n) is 6.60. The fourth-order valence-corrected chi connectivity index (χ4v) is 5.73. The van der Waals surface area contributed by atoms with Crippen LogP contribution in [0.1, 0.15) is 39.2 Å². The number of carbonyl (C=O) groups excluding carboxylic acids is 2. The van der Waals surface area contributed by atoms with Gasteiger partial charge in [0.15, 0.2) is 0 Å². The van der Waals surface area contributed by atoms with Crippen LogP contribution in [0, 0.1) is 0 Å². The lowest BCUT2D eigenvalue weighted by atomic mass is 10.1. The molecule has 7 nitrogen and oxygen atoms in total. The summed E-state index contributed by atoms with van der Waals surface area (Å²) in [6, 6.07) is 23.2. The van der Waals surface area contributed by atoms with E-state index in [0.29, 0.717) is 23.6 Å². The summed E-state index contributed by atoms with van der Waals surface area (Å²) in [7, 11) is -4.12. The third kappa shape index (κ3) is 8.07. The van der Waals surface area contributed by atoms with Crippen molar-refractivity contribution in [2.24, 2.45) is 0 Å². The summed E-state index contributed by atoms with van der Waals surface area (Å²) in [5.41, 5.74) is 1.36. The number of nitrogens with one attached hydrogen (secondary N) is 1. The molecule has 0 saturated carbocycles. The predicted molar refractivity (Wildman–Crippen MR) is 156 cm³/mol. The molecule has 0 aliphatic carbocycles. The summed E-state index contributed by atoms with van der Waals surface area (Å²) in [6.07, 6.45) is 1.66. The van der Waals surface area contributed by atoms with Crippen LogP contribution in [0.2, 0.25) is 5.02 Å². The standard InChI is InChI=1S/C30H36ClN3O4S/c1-4-23(3)32-30(36)28(5-2)33(21-20-24-12-8-6-9-13-24)29(35)22-34(26-14-10-7-11-15-26)39(37,38)27-18-16-25(31)17-19-27/h6-19,23,28H,4-5,20-22H2,1-3H3,(H,32,36). The molecule has 0 aliphatic rings. The SMILES string of the molecule is CCC(C)NC(=O)C(CC)N(CCc1ccccc1)C(=O)CN(c1ccccc1)S(=O)(=O)c1ccc(Cl)cc1. The topological polar surface area (TPSA) is 86.8 Å². The summed E-state index contributed by atoms with van der Waals surface area (Å²) in [5, 5.41) is 3.39. The van der Waals surface area contributed by atoms with Gasteiger partial charge in [-0.15, -0.1) is 0 Å². The van der Waals surface area contributed by atoms with Gasteiger partial charge in [-0.05, 0) is 68.1 Å². The van der Waals surface area contributed by atoms with E-state index in [9.17, 15) is 18.0 Å². The second-order valence-corrected chi connectivity index (χ2v) is 11.7. The number of hydrogen-bond acceptors (Lipinski definition) is 4. The molecule has 0 aliphatic heterocycles. The number of sulfonamides is 1. The number of carbonyl (C=O) groups is 2. The molecule has 39 heavy (non-hydrogen) atoms. The first kappa shape index (κ1) is 30.2. The van der Waals surface area contributed by atoms with Gasteiger partial charge >= 0.3 is 0 Å². The first-order chi connectivity index (χ1) is 18.7. The van der Waals surface area contributed by atoms with Crippen molar-refractivity contribution in [3.63, 3.8) is 0 Å². The summed E-state index contributed by atoms with van der Waals surface area (Å²) in [6.45, 7) is 5.54. The molecule has 0 fully saturated rings. The van der Waals surface area contributed by atoms with E-state index < -0.39 is 28.5 Å². The molecule has 3 aromatic carbocycles. The van der Waals surface area contributed by atoms with Gasteiger partial charge in [0.25, 0.3) is 10.0 Å². The number of rotatable bonds is 13. The zero-order chi connectivity index (χ0) is 28.4. The Hall–Kier alpha value is -3.36. The summed E-state index contributed by atoms with van der Waals surface area (Å²) >= 11 is 5.99. The molecule has 0 saturated heterocycles. The summed E-state index contributed by atoms with van der Waals surface area (Å²) < 4.78 is 28.6. The van der Waals surface area contributed by atoms with Crippen LogP contribution in [0.4, 0.5) is 5.69 Å². The predicted octanol–water partition coefficient (Wildman–Crippen LogP) is 5.30. The van der Waals surface area contributed by atoms with Gasteiger partial charge in [0.2, 0.25) is 11.8 Å². The molecule has 0 aromatic heterocycles. The Morgan fingerprint density at radius 2 is 1.46 bits per heavy atom. The molecule has 2 atom stereocenters. The molecule has 0 radical (unpaired) electrons. The van der Waals surface area contributed by atoms with Crippen LogP contribution in [0.15, 0.2) is 89.8 Å². The van der Waals surface area contributed by atoms with Crippen molar-refractivity contribution in [1.82, 2.24) is 10.2 Å². The lowest BCUT2D eigenvalue weighted by molar-refractivity contribution is -0.139. The van der Waals surface area contributed by atoms with Crippen molar-refractivity contribution in [2.75, 3.05) is 17.4 Å². The maximum Gasteiger partial charge on any atom is 0.264 e. The van der Waals surface area contributed by atoms with Gasteiger partial charge in [0.1, 0.15) is 12.6 Å². The molecule has 0 spiro atoms. The van der Waals surface area contributed by atoms with Crippen LogP contribution in [-0.2, 0) is 26.0 Å². The van der Waals surface area contributed by atoms with Gasteiger partial charge in [-0.3, -0.25) is 13.9 Å². The molecule has 2 amide bonds. The fourth-order valence-electron chi connectivity index (χ4n) is 4.19. The molecule has 0 bridgehead atoms. The van der Waals surface area contributed by atoms with Crippen LogP contribution < -0.4 is 9.62 Å². The highest BCUT2D eigenvalue weighted by molar-refractivity contribution is 7.92. The summed E-state index contributed by atoms with van der Waals surface area (Å²) in [4.78, 5) is 28.7. The number of halogens is 1. The maximum absolute atomic E-state index is 14.0. The first-order valence-electron chi connectivity index (χ1n) is 13.1. The Kier molecular flexibility index (Phi) is 10.9. The van der Waals surface area contributed by atoms with E-state index in [4.69, 9.17) is 11.6 Å². The highest BCUT2D eigenvalue weighted by atomic mass is 35.5. The molecule has 3 aromatic rings. The third-order valence-corrected chi connectivity index (χ3v) is 8.64. The quantitative estimate of drug-likeness (QED) is 0.303. The van der Waals surface area contributed by atoms with E-state index in [-0.39, 0.29) is 23.4 Å². The van der Waals surface area contributed by atoms with E-state index in [2.05, 4.69) is 5.32 Å². The average Bonchev–Trinajstić information content (AvgIpc) is 2.94. The Morgan fingerprint density at radius 1 is 0.872 bits per heavy atom. The monoisotopic (exact) mass is 569 g/mol. The van der Waals surface area contributed by atoms with Gasteiger partial charge in [-0.25, -0.2) is 8.42 Å². The zero-order valence-corrected chi connectivity index (χ0v) is 24.2. The van der Waals surface area contributed by atoms with Crippen LogP contribution in [-0.4, -0.2) is 50.3 Å². The van der Waals surface area contributed by atoms with E-state index in [0.717, 1.165) is 16.3 Å². The lowest BCUT2D eigenvalue weighted by Gasteiger charge is -2.33. The van der Waals surface area contributed by atoms with Crippen molar-refractivity contribution in [3.8, 4) is 0 Å². The highest BCUT2D eigenvalue weighted by Crippen LogP contribution is 2.25. The lowest BCUT2D eigenvalue weighted by Crippen LogP contribution is -2.54. The molecule has 1 N–H and O–H groups in total. The molecule has 9 heteroatoms. The van der Waals surface area contributed by atoms with Gasteiger partial charge < -0.3 is 10.2 Å². The molecule has 3 rings (SSSR count). The molecule has 0 heterocycles. The minimum atomic E-state index is -4.12. The number of para-hydroxylation sites is 1. The summed E-state index contributed by atoms with van der Waals surface area (Å²) in [5.74, 6) is -0.710. The Labute approximate surface area is 236 Å². The van der Waals surface area contributed by atoms with E-state index in [1.54, 1.807) is 30.3 Å². The van der Waals surface area contributed by atoms with Crippen molar-refractivity contribution in [2.45, 2.75) is 57.0 Å². The highest BCUT2D eigenvalue weighted by Gasteiger charge is 2.33. The van der Waals surface area contributed by atoms with Gasteiger partial charge in [-0.2, -0.15) is 0 Å². The number of hydrogen-bond donors (Lipinski definition) is 1. The minimum absolute atomic E-state index is 0.0148. The zero-order valence-electron chi connectivity index (χ0n) is 22.6. The van der Waals surface area contributed by atoms with E-state index in [1.807, 2.05) is 51.1 Å². The molecular formula is C30H36ClN3O4S. The van der Waals surface area contributed by atoms with Crippen LogP contribution in [0.3, 0.4) is 0 Å². The Morgan fingerprint density at radius 3 is 2.03 bits per heavy atom. The average molecular weight is 570 g/mol. The van der Waals surface area contributed by atoms with Crippen molar-refractivity contribution < 1.29 is 18.0 Å². The minimum Gasteiger partial charge on any atom is -0.352 e. The van der Waals surface area contributed by atoms with E-state index in [1.165, 1.54) is 29.2 Å². The largest absolute Gasteiger partial charge is 0.352 e. The molecule has 2 unspecified atom stereocenters. The fraction of sp³-hybridized carbons (Fsp3) is 0.333. The molecular weight excluding hydrogens is 534 g/mol.